The molecule has 0 spiro atoms. The van der Waals surface area contributed by atoms with Gasteiger partial charge in [0.25, 0.3) is 11.8 Å². The zero-order valence-electron chi connectivity index (χ0n) is 16.8. The van der Waals surface area contributed by atoms with Gasteiger partial charge < -0.3 is 9.47 Å². The third-order valence-corrected chi connectivity index (χ3v) is 4.22. The van der Waals surface area contributed by atoms with Crippen LogP contribution in [-0.4, -0.2) is 40.5 Å². The van der Waals surface area contributed by atoms with Crippen LogP contribution in [0.1, 0.15) is 40.6 Å². The minimum Gasteiger partial charge on any atom is -0.493 e. The molecule has 0 bridgehead atoms. The van der Waals surface area contributed by atoms with Crippen LogP contribution in [-0.2, 0) is 0 Å². The van der Waals surface area contributed by atoms with Gasteiger partial charge in [0.15, 0.2) is 17.2 Å². The van der Waals surface area contributed by atoms with Crippen LogP contribution in [0.15, 0.2) is 54.7 Å². The molecular formula is C21H23N5O4. The van der Waals surface area contributed by atoms with E-state index in [2.05, 4.69) is 28.1 Å². The zero-order valence-corrected chi connectivity index (χ0v) is 16.8. The molecule has 0 aliphatic carbocycles. The molecule has 0 radical (unpaired) electrons. The summed E-state index contributed by atoms with van der Waals surface area (Å²) >= 11 is 0. The second-order valence-electron chi connectivity index (χ2n) is 6.36. The molecule has 0 atom stereocenters. The van der Waals surface area contributed by atoms with E-state index < -0.39 is 11.8 Å². The number of para-hydroxylation sites is 1. The topological polar surface area (TPSA) is 107 Å². The highest BCUT2D eigenvalue weighted by Gasteiger charge is 2.15. The second kappa shape index (κ2) is 10.1. The van der Waals surface area contributed by atoms with Crippen LogP contribution in [0.5, 0.6) is 11.5 Å². The Hall–Kier alpha value is -3.88. The van der Waals surface area contributed by atoms with E-state index in [0.29, 0.717) is 23.7 Å². The number of aromatic nitrogens is 3. The summed E-state index contributed by atoms with van der Waals surface area (Å²) in [6.45, 7) is 2.64. The van der Waals surface area contributed by atoms with Crippen molar-refractivity contribution in [3.05, 3.63) is 66.0 Å². The Balaban J connectivity index is 1.60. The zero-order chi connectivity index (χ0) is 21.3. The van der Waals surface area contributed by atoms with E-state index in [1.165, 1.54) is 18.0 Å². The largest absolute Gasteiger partial charge is 0.493 e. The molecule has 9 heteroatoms. The molecule has 3 rings (SSSR count). The lowest BCUT2D eigenvalue weighted by atomic mass is 10.2. The summed E-state index contributed by atoms with van der Waals surface area (Å²) in [5.41, 5.74) is 5.83. The lowest BCUT2D eigenvalue weighted by Gasteiger charge is -2.12. The Morgan fingerprint density at radius 3 is 2.53 bits per heavy atom. The molecule has 0 unspecified atom stereocenters. The lowest BCUT2D eigenvalue weighted by Crippen LogP contribution is -2.41. The molecule has 1 aromatic heterocycles. The number of nitrogens with one attached hydrogen (secondary N) is 2. The number of ether oxygens (including phenoxy) is 2. The van der Waals surface area contributed by atoms with Gasteiger partial charge in [-0.2, -0.15) is 0 Å². The summed E-state index contributed by atoms with van der Waals surface area (Å²) < 4.78 is 12.4. The van der Waals surface area contributed by atoms with Crippen molar-refractivity contribution in [2.75, 3.05) is 13.7 Å². The molecular weight excluding hydrogens is 386 g/mol. The van der Waals surface area contributed by atoms with Crippen LogP contribution in [0.2, 0.25) is 0 Å². The Labute approximate surface area is 174 Å². The van der Waals surface area contributed by atoms with Gasteiger partial charge >= 0.3 is 0 Å². The molecule has 0 fully saturated rings. The Kier molecular flexibility index (Phi) is 6.99. The van der Waals surface area contributed by atoms with Crippen molar-refractivity contribution in [1.82, 2.24) is 25.8 Å². The SMILES string of the molecule is CCCCOc1ccc(C(=O)NNC(=O)c2cn(-c3ccccc3)nn2)cc1OC. The molecule has 1 heterocycles. The number of benzene rings is 2. The van der Waals surface area contributed by atoms with Gasteiger partial charge in [0.1, 0.15) is 0 Å². The molecule has 156 valence electrons. The molecule has 0 aliphatic heterocycles. The fourth-order valence-electron chi connectivity index (χ4n) is 2.58. The van der Waals surface area contributed by atoms with Crippen molar-refractivity contribution in [2.45, 2.75) is 19.8 Å². The summed E-state index contributed by atoms with van der Waals surface area (Å²) in [4.78, 5) is 24.6. The number of rotatable bonds is 8. The van der Waals surface area contributed by atoms with Crippen molar-refractivity contribution < 1.29 is 19.1 Å². The molecule has 9 nitrogen and oxygen atoms in total. The van der Waals surface area contributed by atoms with Gasteiger partial charge in [-0.3, -0.25) is 20.4 Å². The first-order valence-corrected chi connectivity index (χ1v) is 9.51. The van der Waals surface area contributed by atoms with Crippen LogP contribution in [0.3, 0.4) is 0 Å². The first-order chi connectivity index (χ1) is 14.6. The molecule has 0 saturated heterocycles. The predicted molar refractivity (Wildman–Crippen MR) is 110 cm³/mol. The maximum Gasteiger partial charge on any atom is 0.291 e. The third kappa shape index (κ3) is 5.13. The average molecular weight is 409 g/mol. The maximum absolute atomic E-state index is 12.4. The number of unbranched alkanes of at least 4 members (excludes halogenated alkanes) is 1. The number of hydrogen-bond donors (Lipinski definition) is 2. The van der Waals surface area contributed by atoms with Crippen molar-refractivity contribution in [2.24, 2.45) is 0 Å². The van der Waals surface area contributed by atoms with Crippen molar-refractivity contribution in [1.29, 1.82) is 0 Å². The van der Waals surface area contributed by atoms with Crippen LogP contribution in [0.4, 0.5) is 0 Å². The fraction of sp³-hybridized carbons (Fsp3) is 0.238. The second-order valence-corrected chi connectivity index (χ2v) is 6.36. The molecule has 30 heavy (non-hydrogen) atoms. The molecule has 2 aromatic carbocycles. The van der Waals surface area contributed by atoms with Crippen LogP contribution in [0.25, 0.3) is 5.69 Å². The normalized spacial score (nSPS) is 10.3. The van der Waals surface area contributed by atoms with Gasteiger partial charge in [-0.25, -0.2) is 4.68 Å². The Bertz CT molecular complexity index is 1000. The minimum atomic E-state index is -0.586. The van der Waals surface area contributed by atoms with Gasteiger partial charge in [0.05, 0.1) is 25.6 Å². The van der Waals surface area contributed by atoms with E-state index in [-0.39, 0.29) is 5.69 Å². The lowest BCUT2D eigenvalue weighted by molar-refractivity contribution is 0.0843. The standard InChI is InChI=1S/C21H23N5O4/c1-3-4-12-30-18-11-10-15(13-19(18)29-2)20(27)23-24-21(28)17-14-26(25-22-17)16-8-6-5-7-9-16/h5-11,13-14H,3-4,12H2,1-2H3,(H,23,27)(H,24,28). The Morgan fingerprint density at radius 1 is 1.03 bits per heavy atom. The summed E-state index contributed by atoms with van der Waals surface area (Å²) in [6, 6.07) is 14.1. The smallest absolute Gasteiger partial charge is 0.291 e. The number of methoxy groups -OCH3 is 1. The number of nitrogens with zero attached hydrogens (tertiary/aromatic N) is 3. The first-order valence-electron chi connectivity index (χ1n) is 9.51. The van der Waals surface area contributed by atoms with Crippen LogP contribution >= 0.6 is 0 Å². The third-order valence-electron chi connectivity index (χ3n) is 4.22. The highest BCUT2D eigenvalue weighted by molar-refractivity contribution is 5.98. The summed E-state index contributed by atoms with van der Waals surface area (Å²) in [5.74, 6) is -0.0887. The predicted octanol–water partition coefficient (Wildman–Crippen LogP) is 2.53. The van der Waals surface area contributed by atoms with E-state index >= 15 is 0 Å². The van der Waals surface area contributed by atoms with Gasteiger partial charge in [-0.1, -0.05) is 36.8 Å². The van der Waals surface area contributed by atoms with E-state index in [4.69, 9.17) is 9.47 Å². The van der Waals surface area contributed by atoms with Crippen molar-refractivity contribution in [3.8, 4) is 17.2 Å². The molecule has 3 aromatic rings. The first kappa shape index (κ1) is 20.8. The summed E-state index contributed by atoms with van der Waals surface area (Å²) in [5, 5.41) is 7.75. The number of carbonyl (C=O) groups excluding carboxylic acids is 2. The van der Waals surface area contributed by atoms with Crippen LogP contribution in [0, 0.1) is 0 Å². The molecule has 2 amide bonds. The average Bonchev–Trinajstić information content (AvgIpc) is 3.28. The van der Waals surface area contributed by atoms with E-state index in [1.807, 2.05) is 30.3 Å². The van der Waals surface area contributed by atoms with E-state index in [1.54, 1.807) is 18.2 Å². The van der Waals surface area contributed by atoms with Gasteiger partial charge in [0.2, 0.25) is 0 Å². The minimum absolute atomic E-state index is 0.0661. The highest BCUT2D eigenvalue weighted by Crippen LogP contribution is 2.28. The monoisotopic (exact) mass is 409 g/mol. The highest BCUT2D eigenvalue weighted by atomic mass is 16.5. The Morgan fingerprint density at radius 2 is 1.80 bits per heavy atom. The van der Waals surface area contributed by atoms with E-state index in [9.17, 15) is 9.59 Å². The van der Waals surface area contributed by atoms with Crippen LogP contribution < -0.4 is 20.3 Å². The maximum atomic E-state index is 12.4. The van der Waals surface area contributed by atoms with E-state index in [0.717, 1.165) is 18.5 Å². The summed E-state index contributed by atoms with van der Waals surface area (Å²) in [6.07, 6.45) is 3.41. The molecule has 0 saturated carbocycles. The number of amides is 2. The number of hydrogen-bond acceptors (Lipinski definition) is 6. The van der Waals surface area contributed by atoms with Crippen molar-refractivity contribution >= 4 is 11.8 Å². The number of carbonyl (C=O) groups is 2. The molecule has 2 N–H and O–H groups in total. The fourth-order valence-corrected chi connectivity index (χ4v) is 2.58. The van der Waals surface area contributed by atoms with Crippen molar-refractivity contribution in [3.63, 3.8) is 0 Å². The quantitative estimate of drug-likeness (QED) is 0.437. The van der Waals surface area contributed by atoms with Gasteiger partial charge in [0, 0.05) is 5.56 Å². The van der Waals surface area contributed by atoms with Gasteiger partial charge in [-0.05, 0) is 36.8 Å². The van der Waals surface area contributed by atoms with Gasteiger partial charge in [-0.15, -0.1) is 5.10 Å². The molecule has 0 aliphatic rings. The summed E-state index contributed by atoms with van der Waals surface area (Å²) in [7, 11) is 1.50. The number of hydrazine groups is 1.